The minimum atomic E-state index is -3.65. The van der Waals surface area contributed by atoms with Gasteiger partial charge >= 0.3 is 0 Å². The molecule has 7 heteroatoms. The van der Waals surface area contributed by atoms with Gasteiger partial charge in [-0.05, 0) is 72.2 Å². The summed E-state index contributed by atoms with van der Waals surface area (Å²) < 4.78 is 23.0. The zero-order valence-corrected chi connectivity index (χ0v) is 20.4. The van der Waals surface area contributed by atoms with Gasteiger partial charge in [0, 0.05) is 43.4 Å². The number of halogens is 1. The van der Waals surface area contributed by atoms with E-state index < -0.39 is 10.0 Å². The van der Waals surface area contributed by atoms with E-state index in [9.17, 15) is 8.42 Å². The van der Waals surface area contributed by atoms with Crippen LogP contribution in [0.3, 0.4) is 0 Å². The maximum Gasteiger partial charge on any atom is 0.238 e. The fourth-order valence-electron chi connectivity index (χ4n) is 4.74. The average molecular weight is 474 g/mol. The molecule has 1 saturated heterocycles. The monoisotopic (exact) mass is 473 g/mol. The molecule has 2 aromatic carbocycles. The van der Waals surface area contributed by atoms with Crippen LogP contribution in [0.5, 0.6) is 0 Å². The summed E-state index contributed by atoms with van der Waals surface area (Å²) in [5.41, 5.74) is 5.69. The molecule has 1 fully saturated rings. The number of allylic oxidation sites excluding steroid dienone is 1. The maximum atomic E-state index is 11.5. The van der Waals surface area contributed by atoms with Crippen molar-refractivity contribution in [3.05, 3.63) is 64.7 Å². The molecule has 0 aromatic heterocycles. The molecule has 1 aliphatic heterocycles. The normalized spacial score (nSPS) is 19.9. The molecule has 0 amide bonds. The van der Waals surface area contributed by atoms with Crippen LogP contribution in [0.2, 0.25) is 5.02 Å². The van der Waals surface area contributed by atoms with E-state index in [-0.39, 0.29) is 4.90 Å². The van der Waals surface area contributed by atoms with Crippen LogP contribution in [0.25, 0.3) is 5.57 Å². The second-order valence-corrected chi connectivity index (χ2v) is 11.7. The molecule has 0 atom stereocenters. The average Bonchev–Trinajstić information content (AvgIpc) is 2.75. The number of hydrogen-bond acceptors (Lipinski definition) is 4. The maximum absolute atomic E-state index is 11.5. The second kappa shape index (κ2) is 9.18. The summed E-state index contributed by atoms with van der Waals surface area (Å²) in [5, 5.41) is 5.99. The van der Waals surface area contributed by atoms with Crippen molar-refractivity contribution >= 4 is 32.9 Å². The van der Waals surface area contributed by atoms with Crippen LogP contribution in [-0.2, 0) is 10.0 Å². The van der Waals surface area contributed by atoms with Gasteiger partial charge in [0.1, 0.15) is 0 Å². The van der Waals surface area contributed by atoms with E-state index in [2.05, 4.69) is 35.8 Å². The lowest BCUT2D eigenvalue weighted by molar-refractivity contribution is 0.264. The summed E-state index contributed by atoms with van der Waals surface area (Å²) in [6, 6.07) is 15.2. The van der Waals surface area contributed by atoms with Gasteiger partial charge in [0.25, 0.3) is 0 Å². The minimum Gasteiger partial charge on any atom is -0.369 e. The highest BCUT2D eigenvalue weighted by molar-refractivity contribution is 7.89. The van der Waals surface area contributed by atoms with Crippen molar-refractivity contribution in [1.29, 1.82) is 0 Å². The number of nitrogens with two attached hydrogens (primary N) is 1. The summed E-state index contributed by atoms with van der Waals surface area (Å²) in [7, 11) is -3.65. The number of nitrogens with zero attached hydrogens (tertiary/aromatic N) is 2. The number of anilines is 1. The predicted molar refractivity (Wildman–Crippen MR) is 132 cm³/mol. The second-order valence-electron chi connectivity index (χ2n) is 9.73. The number of hydrogen-bond donors (Lipinski definition) is 1. The van der Waals surface area contributed by atoms with E-state index in [1.165, 1.54) is 17.6 Å². The first-order valence-corrected chi connectivity index (χ1v) is 13.1. The first-order chi connectivity index (χ1) is 15.1. The summed E-state index contributed by atoms with van der Waals surface area (Å²) in [6.07, 6.45) is 3.45. The molecule has 32 heavy (non-hydrogen) atoms. The molecule has 5 nitrogen and oxygen atoms in total. The van der Waals surface area contributed by atoms with Gasteiger partial charge in [0.2, 0.25) is 10.0 Å². The SMILES string of the molecule is CC1(C)CCC(CN2CCN(c3ccc(S(N)(=O)=O)cc3)CC2)=C(c2ccc(Cl)cc2)C1. The van der Waals surface area contributed by atoms with E-state index >= 15 is 0 Å². The summed E-state index contributed by atoms with van der Waals surface area (Å²) in [6.45, 7) is 9.54. The Hall–Kier alpha value is -1.86. The fourth-order valence-corrected chi connectivity index (χ4v) is 5.39. The van der Waals surface area contributed by atoms with E-state index in [1.54, 1.807) is 17.7 Å². The van der Waals surface area contributed by atoms with E-state index in [4.69, 9.17) is 16.7 Å². The molecule has 2 N–H and O–H groups in total. The Morgan fingerprint density at radius 3 is 2.19 bits per heavy atom. The summed E-state index contributed by atoms with van der Waals surface area (Å²) >= 11 is 6.13. The highest BCUT2D eigenvalue weighted by atomic mass is 35.5. The number of rotatable bonds is 5. The van der Waals surface area contributed by atoms with Crippen LogP contribution < -0.4 is 10.0 Å². The molecule has 0 bridgehead atoms. The molecule has 172 valence electrons. The molecular weight excluding hydrogens is 442 g/mol. The van der Waals surface area contributed by atoms with E-state index in [0.717, 1.165) is 56.3 Å². The Balaban J connectivity index is 1.44. The third-order valence-corrected chi connectivity index (χ3v) is 7.88. The van der Waals surface area contributed by atoms with Crippen molar-refractivity contribution in [3.63, 3.8) is 0 Å². The smallest absolute Gasteiger partial charge is 0.238 e. The Bertz CT molecular complexity index is 1090. The van der Waals surface area contributed by atoms with Gasteiger partial charge in [-0.1, -0.05) is 43.2 Å². The molecule has 0 radical (unpaired) electrons. The molecule has 0 spiro atoms. The van der Waals surface area contributed by atoms with Crippen molar-refractivity contribution in [2.45, 2.75) is 38.0 Å². The zero-order valence-electron chi connectivity index (χ0n) is 18.9. The van der Waals surface area contributed by atoms with Crippen LogP contribution in [0, 0.1) is 5.41 Å². The highest BCUT2D eigenvalue weighted by Gasteiger charge is 2.29. The number of sulfonamides is 1. The van der Waals surface area contributed by atoms with E-state index in [0.29, 0.717) is 5.41 Å². The third-order valence-electron chi connectivity index (χ3n) is 6.70. The lowest BCUT2D eigenvalue weighted by Gasteiger charge is -2.39. The third kappa shape index (κ3) is 5.54. The molecule has 0 saturated carbocycles. The Labute approximate surface area is 196 Å². The standard InChI is InChI=1S/C25H32ClN3O2S/c1-25(2)12-11-20(24(17-25)19-3-5-21(26)6-4-19)18-28-13-15-29(16-14-28)22-7-9-23(10-8-22)32(27,30)31/h3-10H,11-18H2,1-2H3,(H2,27,30,31). The molecule has 4 rings (SSSR count). The van der Waals surface area contributed by atoms with Gasteiger partial charge in [-0.15, -0.1) is 0 Å². The predicted octanol–water partition coefficient (Wildman–Crippen LogP) is 4.77. The largest absolute Gasteiger partial charge is 0.369 e. The van der Waals surface area contributed by atoms with Crippen LogP contribution in [0.4, 0.5) is 5.69 Å². The lowest BCUT2D eigenvalue weighted by atomic mass is 9.72. The topological polar surface area (TPSA) is 66.6 Å². The molecular formula is C25H32ClN3O2S. The Morgan fingerprint density at radius 2 is 1.59 bits per heavy atom. The lowest BCUT2D eigenvalue weighted by Crippen LogP contribution is -2.47. The highest BCUT2D eigenvalue weighted by Crippen LogP contribution is 2.43. The van der Waals surface area contributed by atoms with Gasteiger partial charge in [-0.2, -0.15) is 0 Å². The summed E-state index contributed by atoms with van der Waals surface area (Å²) in [5.74, 6) is 0. The molecule has 0 unspecified atom stereocenters. The Kier molecular flexibility index (Phi) is 6.68. The van der Waals surface area contributed by atoms with Crippen molar-refractivity contribution in [3.8, 4) is 0 Å². The first kappa shape index (κ1) is 23.3. The van der Waals surface area contributed by atoms with Gasteiger partial charge < -0.3 is 4.90 Å². The Morgan fingerprint density at radius 1 is 0.969 bits per heavy atom. The zero-order chi connectivity index (χ0) is 22.9. The molecule has 2 aliphatic rings. The molecule has 1 heterocycles. The van der Waals surface area contributed by atoms with Crippen molar-refractivity contribution in [2.24, 2.45) is 10.6 Å². The quantitative estimate of drug-likeness (QED) is 0.679. The van der Waals surface area contributed by atoms with Crippen molar-refractivity contribution < 1.29 is 8.42 Å². The molecule has 2 aromatic rings. The number of benzene rings is 2. The number of piperazine rings is 1. The van der Waals surface area contributed by atoms with Crippen molar-refractivity contribution in [2.75, 3.05) is 37.6 Å². The van der Waals surface area contributed by atoms with Crippen molar-refractivity contribution in [1.82, 2.24) is 4.90 Å². The molecule has 1 aliphatic carbocycles. The van der Waals surface area contributed by atoms with Gasteiger partial charge in [-0.3, -0.25) is 4.90 Å². The van der Waals surface area contributed by atoms with E-state index in [1.807, 2.05) is 24.3 Å². The van der Waals surface area contributed by atoms with Crippen LogP contribution in [-0.4, -0.2) is 46.0 Å². The minimum absolute atomic E-state index is 0.154. The van der Waals surface area contributed by atoms with Gasteiger partial charge in [0.15, 0.2) is 0 Å². The van der Waals surface area contributed by atoms with Crippen LogP contribution in [0.15, 0.2) is 59.0 Å². The van der Waals surface area contributed by atoms with Crippen LogP contribution in [0.1, 0.15) is 38.7 Å². The van der Waals surface area contributed by atoms with Gasteiger partial charge in [0.05, 0.1) is 4.90 Å². The first-order valence-electron chi connectivity index (χ1n) is 11.2. The van der Waals surface area contributed by atoms with Gasteiger partial charge in [-0.25, -0.2) is 13.6 Å². The number of primary sulfonamides is 1. The van der Waals surface area contributed by atoms with Crippen LogP contribution >= 0.6 is 11.6 Å². The summed E-state index contributed by atoms with van der Waals surface area (Å²) in [4.78, 5) is 5.00. The fraction of sp³-hybridized carbons (Fsp3) is 0.440.